The number of imide groups is 2. The van der Waals surface area contributed by atoms with E-state index in [1.807, 2.05) is 0 Å². The number of benzene rings is 4. The van der Waals surface area contributed by atoms with Crippen molar-refractivity contribution in [1.29, 1.82) is 0 Å². The summed E-state index contributed by atoms with van der Waals surface area (Å²) in [6, 6.07) is 13.2. The summed E-state index contributed by atoms with van der Waals surface area (Å²) in [5.41, 5.74) is 0.749. The molecule has 0 bridgehead atoms. The summed E-state index contributed by atoms with van der Waals surface area (Å²) in [6.07, 6.45) is 0.0686. The smallest absolute Gasteiger partial charge is 0.267 e. The SMILES string of the molecule is O=C1c2c(Cl)c(Cl)c(Cl)c(Cl)c2C(=O)N1c1ccccc1Cc1ccccc1N1C(=O)c2c(Cl)c(Cl)c(Cl)c(Cl)c2C1=O. The molecule has 0 aliphatic carbocycles. The zero-order chi connectivity index (χ0) is 31.1. The molecule has 4 aromatic carbocycles. The molecular formula is C29H10Cl8N2O4. The minimum atomic E-state index is -0.746. The summed E-state index contributed by atoms with van der Waals surface area (Å²) >= 11 is 49.9. The number of para-hydroxylation sites is 2. The van der Waals surface area contributed by atoms with Gasteiger partial charge >= 0.3 is 0 Å². The van der Waals surface area contributed by atoms with Gasteiger partial charge in [-0.15, -0.1) is 0 Å². The minimum Gasteiger partial charge on any atom is -0.268 e. The molecule has 2 heterocycles. The van der Waals surface area contributed by atoms with Crippen molar-refractivity contribution >= 4 is 128 Å². The van der Waals surface area contributed by atoms with Crippen molar-refractivity contribution in [1.82, 2.24) is 0 Å². The van der Waals surface area contributed by atoms with Crippen molar-refractivity contribution in [2.24, 2.45) is 0 Å². The Morgan fingerprint density at radius 2 is 0.651 bits per heavy atom. The molecule has 0 atom stereocenters. The first-order chi connectivity index (χ1) is 20.4. The predicted molar refractivity (Wildman–Crippen MR) is 171 cm³/mol. The largest absolute Gasteiger partial charge is 0.268 e. The van der Waals surface area contributed by atoms with Crippen LogP contribution in [0.1, 0.15) is 52.6 Å². The van der Waals surface area contributed by atoms with E-state index in [2.05, 4.69) is 0 Å². The molecule has 0 saturated heterocycles. The van der Waals surface area contributed by atoms with Gasteiger partial charge in [0.15, 0.2) is 0 Å². The first-order valence-electron chi connectivity index (χ1n) is 12.0. The third-order valence-corrected chi connectivity index (χ3v) is 10.7. The van der Waals surface area contributed by atoms with E-state index in [-0.39, 0.29) is 80.2 Å². The standard InChI is InChI=1S/C29H10Cl8N2O4/c30-18-14-15(19(31)23(35)22(18)34)27(41)38(26(14)40)12-7-3-1-5-10(12)9-11-6-2-4-8-13(11)39-28(42)16-17(29(39)43)21(33)25(37)24(36)20(16)32/h1-8H,9H2. The highest BCUT2D eigenvalue weighted by molar-refractivity contribution is 6.57. The Labute approximate surface area is 283 Å². The average Bonchev–Trinajstić information content (AvgIpc) is 3.41. The second-order valence-electron chi connectivity index (χ2n) is 9.34. The van der Waals surface area contributed by atoms with E-state index in [9.17, 15) is 19.2 Å². The first-order valence-corrected chi connectivity index (χ1v) is 15.1. The Balaban J connectivity index is 1.43. The number of carbonyl (C=O) groups excluding carboxylic acids is 4. The Morgan fingerprint density at radius 1 is 0.395 bits per heavy atom. The number of halogens is 8. The molecular weight excluding hydrogens is 724 g/mol. The molecule has 0 spiro atoms. The van der Waals surface area contributed by atoms with Crippen molar-refractivity contribution in [3.63, 3.8) is 0 Å². The number of anilines is 2. The van der Waals surface area contributed by atoms with Crippen molar-refractivity contribution in [2.45, 2.75) is 6.42 Å². The minimum absolute atomic E-state index is 0.0686. The van der Waals surface area contributed by atoms with Gasteiger partial charge in [-0.25, -0.2) is 9.80 Å². The molecule has 0 radical (unpaired) electrons. The number of fused-ring (bicyclic) bond motifs is 2. The van der Waals surface area contributed by atoms with Gasteiger partial charge in [0.1, 0.15) is 0 Å². The monoisotopic (exact) mass is 730 g/mol. The van der Waals surface area contributed by atoms with Gasteiger partial charge < -0.3 is 0 Å². The zero-order valence-corrected chi connectivity index (χ0v) is 26.9. The Bertz CT molecular complexity index is 1760. The van der Waals surface area contributed by atoms with E-state index in [0.29, 0.717) is 11.1 Å². The maximum absolute atomic E-state index is 13.6. The summed E-state index contributed by atoms with van der Waals surface area (Å²) in [5.74, 6) is -2.98. The molecule has 43 heavy (non-hydrogen) atoms. The molecule has 216 valence electrons. The lowest BCUT2D eigenvalue weighted by Gasteiger charge is -2.21. The maximum Gasteiger partial charge on any atom is 0.267 e. The molecule has 0 fully saturated rings. The van der Waals surface area contributed by atoms with Crippen molar-refractivity contribution < 1.29 is 19.2 Å². The Hall–Kier alpha value is -2.52. The fraction of sp³-hybridized carbons (Fsp3) is 0.0345. The van der Waals surface area contributed by atoms with Gasteiger partial charge in [0.2, 0.25) is 0 Å². The molecule has 0 aromatic heterocycles. The summed E-state index contributed by atoms with van der Waals surface area (Å²) < 4.78 is 0. The average molecular weight is 734 g/mol. The fourth-order valence-corrected chi connectivity index (χ4v) is 7.13. The second kappa shape index (κ2) is 11.1. The molecule has 2 aliphatic rings. The topological polar surface area (TPSA) is 74.8 Å². The van der Waals surface area contributed by atoms with E-state index in [1.54, 1.807) is 48.5 Å². The van der Waals surface area contributed by atoms with E-state index < -0.39 is 23.6 Å². The highest BCUT2D eigenvalue weighted by atomic mass is 35.5. The number of amides is 4. The van der Waals surface area contributed by atoms with Gasteiger partial charge in [-0.3, -0.25) is 19.2 Å². The van der Waals surface area contributed by atoms with Crippen molar-refractivity contribution in [3.8, 4) is 0 Å². The van der Waals surface area contributed by atoms with Gasteiger partial charge in [0, 0.05) is 6.42 Å². The summed E-state index contributed by atoms with van der Waals surface area (Å²) in [4.78, 5) is 56.1. The van der Waals surface area contributed by atoms with E-state index in [1.165, 1.54) is 0 Å². The van der Waals surface area contributed by atoms with Crippen LogP contribution in [0.5, 0.6) is 0 Å². The van der Waals surface area contributed by atoms with Crippen LogP contribution in [0, 0.1) is 0 Å². The Kier molecular flexibility index (Phi) is 7.89. The summed E-state index contributed by atoms with van der Waals surface area (Å²) in [7, 11) is 0. The molecule has 4 amide bonds. The van der Waals surface area contributed by atoms with Gasteiger partial charge in [0.25, 0.3) is 23.6 Å². The quantitative estimate of drug-likeness (QED) is 0.119. The number of hydrogen-bond acceptors (Lipinski definition) is 4. The number of nitrogens with zero attached hydrogens (tertiary/aromatic N) is 2. The van der Waals surface area contributed by atoms with Gasteiger partial charge in [-0.1, -0.05) is 129 Å². The lowest BCUT2D eigenvalue weighted by molar-refractivity contribution is 0.0910. The molecule has 6 nitrogen and oxygen atoms in total. The van der Waals surface area contributed by atoms with Crippen LogP contribution >= 0.6 is 92.8 Å². The van der Waals surface area contributed by atoms with Crippen LogP contribution in [0.3, 0.4) is 0 Å². The summed E-state index contributed by atoms with van der Waals surface area (Å²) in [5, 5.41) is -1.39. The molecule has 0 N–H and O–H groups in total. The highest BCUT2D eigenvalue weighted by Gasteiger charge is 2.45. The normalized spacial score (nSPS) is 14.2. The molecule has 0 saturated carbocycles. The predicted octanol–water partition coefficient (Wildman–Crippen LogP) is 10.1. The van der Waals surface area contributed by atoms with Crippen molar-refractivity contribution in [3.05, 3.63) is 122 Å². The van der Waals surface area contributed by atoms with Crippen LogP contribution in [0.4, 0.5) is 11.4 Å². The van der Waals surface area contributed by atoms with Crippen LogP contribution < -0.4 is 9.80 Å². The highest BCUT2D eigenvalue weighted by Crippen LogP contribution is 2.48. The van der Waals surface area contributed by atoms with Gasteiger partial charge in [-0.05, 0) is 23.3 Å². The number of hydrogen-bond donors (Lipinski definition) is 0. The molecule has 4 aromatic rings. The third kappa shape index (κ3) is 4.46. The van der Waals surface area contributed by atoms with Crippen LogP contribution in [0.2, 0.25) is 40.2 Å². The number of rotatable bonds is 4. The fourth-order valence-electron chi connectivity index (χ4n) is 5.10. The first kappa shape index (κ1) is 30.5. The van der Waals surface area contributed by atoms with Crippen molar-refractivity contribution in [2.75, 3.05) is 9.80 Å². The van der Waals surface area contributed by atoms with E-state index >= 15 is 0 Å². The van der Waals surface area contributed by atoms with Gasteiger partial charge in [0.05, 0.1) is 73.8 Å². The molecule has 0 unspecified atom stereocenters. The summed E-state index contributed by atoms with van der Waals surface area (Å²) in [6.45, 7) is 0. The molecule has 2 aliphatic heterocycles. The second-order valence-corrected chi connectivity index (χ2v) is 12.4. The van der Waals surface area contributed by atoms with Crippen LogP contribution in [0.25, 0.3) is 0 Å². The Morgan fingerprint density at radius 3 is 0.930 bits per heavy atom. The maximum atomic E-state index is 13.6. The van der Waals surface area contributed by atoms with Crippen LogP contribution in [-0.4, -0.2) is 23.6 Å². The van der Waals surface area contributed by atoms with E-state index in [0.717, 1.165) is 9.80 Å². The third-order valence-electron chi connectivity index (χ3n) is 7.05. The molecule has 6 rings (SSSR count). The van der Waals surface area contributed by atoms with Crippen LogP contribution in [0.15, 0.2) is 48.5 Å². The van der Waals surface area contributed by atoms with Gasteiger partial charge in [-0.2, -0.15) is 0 Å². The van der Waals surface area contributed by atoms with Crippen LogP contribution in [-0.2, 0) is 6.42 Å². The number of carbonyl (C=O) groups is 4. The van der Waals surface area contributed by atoms with E-state index in [4.69, 9.17) is 92.8 Å². The molecule has 14 heteroatoms. The lowest BCUT2D eigenvalue weighted by Crippen LogP contribution is -2.31. The lowest BCUT2D eigenvalue weighted by atomic mass is 10.0. The zero-order valence-electron chi connectivity index (χ0n) is 20.9.